The molecule has 0 aliphatic carbocycles. The lowest BCUT2D eigenvalue weighted by Crippen LogP contribution is -2.02. The first kappa shape index (κ1) is 11.2. The van der Waals surface area contributed by atoms with Crippen molar-refractivity contribution in [2.75, 3.05) is 11.1 Å². The maximum Gasteiger partial charge on any atom is 0.0577 e. The van der Waals surface area contributed by atoms with E-state index in [0.29, 0.717) is 0 Å². The summed E-state index contributed by atoms with van der Waals surface area (Å²) in [4.78, 5) is 3.98. The van der Waals surface area contributed by atoms with Crippen molar-refractivity contribution in [2.24, 2.45) is 0 Å². The minimum Gasteiger partial charge on any atom is -0.397 e. The summed E-state index contributed by atoms with van der Waals surface area (Å²) in [6.07, 6.45) is 3.57. The zero-order valence-corrected chi connectivity index (χ0v) is 10.8. The molecule has 4 heteroatoms. The number of hydrogen-bond donors (Lipinski definition) is 2. The van der Waals surface area contributed by atoms with Crippen LogP contribution in [0.3, 0.4) is 0 Å². The first-order valence-corrected chi connectivity index (χ1v) is 6.01. The van der Waals surface area contributed by atoms with Crippen molar-refractivity contribution in [1.82, 2.24) is 4.98 Å². The molecule has 3 N–H and O–H groups in total. The van der Waals surface area contributed by atoms with Crippen LogP contribution in [0.25, 0.3) is 0 Å². The summed E-state index contributed by atoms with van der Waals surface area (Å²) in [7, 11) is 0. The van der Waals surface area contributed by atoms with Gasteiger partial charge in [0, 0.05) is 22.5 Å². The number of aromatic nitrogens is 1. The van der Waals surface area contributed by atoms with Crippen molar-refractivity contribution in [1.29, 1.82) is 0 Å². The van der Waals surface area contributed by atoms with Crippen LogP contribution in [0.2, 0.25) is 0 Å². The Hall–Kier alpha value is -1.30. The van der Waals surface area contributed by atoms with Gasteiger partial charge in [0.1, 0.15) is 0 Å². The average molecular weight is 325 g/mol. The Morgan fingerprint density at radius 3 is 2.62 bits per heavy atom. The highest BCUT2D eigenvalue weighted by Crippen LogP contribution is 2.21. The second kappa shape index (κ2) is 5.16. The first-order valence-electron chi connectivity index (χ1n) is 4.93. The number of nitrogens with zero attached hydrogens (tertiary/aromatic N) is 1. The van der Waals surface area contributed by atoms with Gasteiger partial charge in [-0.1, -0.05) is 0 Å². The number of halogens is 1. The van der Waals surface area contributed by atoms with Gasteiger partial charge in [-0.15, -0.1) is 0 Å². The van der Waals surface area contributed by atoms with Gasteiger partial charge in [0.15, 0.2) is 0 Å². The maximum absolute atomic E-state index is 5.91. The lowest BCUT2D eigenvalue weighted by atomic mass is 10.2. The van der Waals surface area contributed by atoms with Gasteiger partial charge in [-0.25, -0.2) is 0 Å². The standard InChI is InChI=1S/C12H12IN3/c13-10-1-2-12(11(14)7-10)16-8-9-3-5-15-6-4-9/h1-7,16H,8,14H2. The van der Waals surface area contributed by atoms with E-state index < -0.39 is 0 Å². The van der Waals surface area contributed by atoms with E-state index in [9.17, 15) is 0 Å². The van der Waals surface area contributed by atoms with Gasteiger partial charge in [-0.2, -0.15) is 0 Å². The molecule has 0 spiro atoms. The van der Waals surface area contributed by atoms with Gasteiger partial charge in [0.05, 0.1) is 11.4 Å². The largest absolute Gasteiger partial charge is 0.397 e. The number of nitrogen functional groups attached to an aromatic ring is 1. The molecule has 2 rings (SSSR count). The van der Waals surface area contributed by atoms with Crippen LogP contribution in [0.15, 0.2) is 42.7 Å². The molecule has 0 unspecified atom stereocenters. The van der Waals surface area contributed by atoms with Crippen LogP contribution in [0.4, 0.5) is 11.4 Å². The van der Waals surface area contributed by atoms with Gasteiger partial charge in [0.25, 0.3) is 0 Å². The molecule has 0 saturated carbocycles. The minimum atomic E-state index is 0.757. The van der Waals surface area contributed by atoms with E-state index in [1.54, 1.807) is 12.4 Å². The van der Waals surface area contributed by atoms with Crippen molar-refractivity contribution >= 4 is 34.0 Å². The Labute approximate surface area is 108 Å². The number of rotatable bonds is 3. The summed E-state index contributed by atoms with van der Waals surface area (Å²) in [6, 6.07) is 9.95. The van der Waals surface area contributed by atoms with Crippen LogP contribution >= 0.6 is 22.6 Å². The highest BCUT2D eigenvalue weighted by Gasteiger charge is 1.99. The molecule has 0 bridgehead atoms. The van der Waals surface area contributed by atoms with Crippen molar-refractivity contribution < 1.29 is 0 Å². The first-order chi connectivity index (χ1) is 7.75. The molecular formula is C12H12IN3. The Morgan fingerprint density at radius 1 is 1.19 bits per heavy atom. The van der Waals surface area contributed by atoms with Gasteiger partial charge in [0.2, 0.25) is 0 Å². The molecule has 0 fully saturated rings. The lowest BCUT2D eigenvalue weighted by molar-refractivity contribution is 1.13. The molecular weight excluding hydrogens is 313 g/mol. The van der Waals surface area contributed by atoms with E-state index in [1.807, 2.05) is 30.3 Å². The summed E-state index contributed by atoms with van der Waals surface area (Å²) in [6.45, 7) is 0.757. The summed E-state index contributed by atoms with van der Waals surface area (Å²) in [5, 5.41) is 3.30. The molecule has 0 saturated heterocycles. The second-order valence-electron chi connectivity index (χ2n) is 3.44. The smallest absolute Gasteiger partial charge is 0.0577 e. The van der Waals surface area contributed by atoms with Crippen LogP contribution in [-0.4, -0.2) is 4.98 Å². The van der Waals surface area contributed by atoms with Crippen LogP contribution in [-0.2, 0) is 6.54 Å². The Kier molecular flexibility index (Phi) is 3.61. The topological polar surface area (TPSA) is 50.9 Å². The third kappa shape index (κ3) is 2.85. The van der Waals surface area contributed by atoms with Gasteiger partial charge in [-0.3, -0.25) is 4.98 Å². The number of nitrogens with two attached hydrogens (primary N) is 1. The molecule has 0 aliphatic heterocycles. The van der Waals surface area contributed by atoms with Crippen LogP contribution in [0.5, 0.6) is 0 Å². The Balaban J connectivity index is 2.05. The molecule has 3 nitrogen and oxygen atoms in total. The van der Waals surface area contributed by atoms with E-state index in [1.165, 1.54) is 5.56 Å². The second-order valence-corrected chi connectivity index (χ2v) is 4.69. The fraction of sp³-hybridized carbons (Fsp3) is 0.0833. The molecule has 0 aliphatic rings. The third-order valence-corrected chi connectivity index (χ3v) is 2.92. The van der Waals surface area contributed by atoms with E-state index in [0.717, 1.165) is 21.5 Å². The van der Waals surface area contributed by atoms with E-state index >= 15 is 0 Å². The zero-order valence-electron chi connectivity index (χ0n) is 8.65. The molecule has 1 aromatic heterocycles. The Bertz CT molecular complexity index is 471. The maximum atomic E-state index is 5.91. The summed E-state index contributed by atoms with van der Waals surface area (Å²) < 4.78 is 1.14. The molecule has 82 valence electrons. The summed E-state index contributed by atoms with van der Waals surface area (Å²) in [5.41, 5.74) is 8.84. The van der Waals surface area contributed by atoms with Crippen molar-refractivity contribution in [3.8, 4) is 0 Å². The molecule has 16 heavy (non-hydrogen) atoms. The molecule has 2 aromatic rings. The highest BCUT2D eigenvalue weighted by molar-refractivity contribution is 14.1. The zero-order chi connectivity index (χ0) is 11.4. The van der Waals surface area contributed by atoms with Gasteiger partial charge in [-0.05, 0) is 58.5 Å². The van der Waals surface area contributed by atoms with Crippen LogP contribution in [0, 0.1) is 3.57 Å². The normalized spacial score (nSPS) is 10.1. The van der Waals surface area contributed by atoms with Crippen molar-refractivity contribution in [2.45, 2.75) is 6.54 Å². The third-order valence-electron chi connectivity index (χ3n) is 2.25. The van der Waals surface area contributed by atoms with Gasteiger partial charge >= 0.3 is 0 Å². The summed E-state index contributed by atoms with van der Waals surface area (Å²) >= 11 is 2.25. The predicted octanol–water partition coefficient (Wildman–Crippen LogP) is 2.88. The SMILES string of the molecule is Nc1cc(I)ccc1NCc1ccncc1. The van der Waals surface area contributed by atoms with Crippen molar-refractivity contribution in [3.63, 3.8) is 0 Å². The molecule has 1 aromatic carbocycles. The molecule has 0 radical (unpaired) electrons. The van der Waals surface area contributed by atoms with Crippen LogP contribution in [0.1, 0.15) is 5.56 Å². The van der Waals surface area contributed by atoms with E-state index in [-0.39, 0.29) is 0 Å². The molecule has 1 heterocycles. The van der Waals surface area contributed by atoms with E-state index in [4.69, 9.17) is 5.73 Å². The van der Waals surface area contributed by atoms with E-state index in [2.05, 4.69) is 32.9 Å². The van der Waals surface area contributed by atoms with Gasteiger partial charge < -0.3 is 11.1 Å². The van der Waals surface area contributed by atoms with Crippen LogP contribution < -0.4 is 11.1 Å². The molecule has 0 amide bonds. The monoisotopic (exact) mass is 325 g/mol. The predicted molar refractivity (Wildman–Crippen MR) is 75.1 cm³/mol. The highest BCUT2D eigenvalue weighted by atomic mass is 127. The fourth-order valence-corrected chi connectivity index (χ4v) is 1.91. The lowest BCUT2D eigenvalue weighted by Gasteiger charge is -2.09. The number of anilines is 2. The number of nitrogens with one attached hydrogen (secondary N) is 1. The minimum absolute atomic E-state index is 0.757. The quantitative estimate of drug-likeness (QED) is 0.674. The average Bonchev–Trinajstić information content (AvgIpc) is 2.29. The summed E-state index contributed by atoms with van der Waals surface area (Å²) in [5.74, 6) is 0. The molecule has 0 atom stereocenters. The number of hydrogen-bond acceptors (Lipinski definition) is 3. The fourth-order valence-electron chi connectivity index (χ4n) is 1.39. The van der Waals surface area contributed by atoms with Crippen molar-refractivity contribution in [3.05, 3.63) is 51.9 Å². The number of pyridine rings is 1. The Morgan fingerprint density at radius 2 is 1.94 bits per heavy atom. The number of benzene rings is 1.